The van der Waals surface area contributed by atoms with Crippen LogP contribution in [0.25, 0.3) is 0 Å². The average molecular weight is 414 g/mol. The predicted octanol–water partition coefficient (Wildman–Crippen LogP) is 6.34. The van der Waals surface area contributed by atoms with E-state index in [1.807, 2.05) is 30.3 Å². The van der Waals surface area contributed by atoms with E-state index in [9.17, 15) is 4.39 Å². The first kappa shape index (κ1) is 18.5. The molecule has 0 fully saturated rings. The van der Waals surface area contributed by atoms with E-state index in [1.165, 1.54) is 17.7 Å². The summed E-state index contributed by atoms with van der Waals surface area (Å²) in [6, 6.07) is 20.8. The summed E-state index contributed by atoms with van der Waals surface area (Å²) in [5.74, 6) is 0.492. The predicted molar refractivity (Wildman–Crippen MR) is 108 cm³/mol. The Morgan fingerprint density at radius 2 is 1.81 bits per heavy atom. The molecule has 134 valence electrons. The topological polar surface area (TPSA) is 21.3 Å². The van der Waals surface area contributed by atoms with E-state index < -0.39 is 0 Å². The molecule has 0 heterocycles. The van der Waals surface area contributed by atoms with Gasteiger partial charge in [-0.2, -0.15) is 0 Å². The van der Waals surface area contributed by atoms with Crippen molar-refractivity contribution in [3.05, 3.63) is 93.7 Å². The standard InChI is InChI=1S/C22H21BrFNO/c1-2-18-7-3-4-9-21(18)25-14-16-10-11-22(20(23)13-16)26-15-17-6-5-8-19(24)12-17/h3-13,25H,2,14-15H2,1H3. The number of nitrogens with one attached hydrogen (secondary N) is 1. The lowest BCUT2D eigenvalue weighted by Gasteiger charge is -2.13. The highest BCUT2D eigenvalue weighted by atomic mass is 79.9. The third kappa shape index (κ3) is 4.85. The zero-order valence-corrected chi connectivity index (χ0v) is 16.2. The molecule has 0 saturated carbocycles. The lowest BCUT2D eigenvalue weighted by molar-refractivity contribution is 0.303. The molecule has 0 radical (unpaired) electrons. The average Bonchev–Trinajstić information content (AvgIpc) is 2.66. The van der Waals surface area contributed by atoms with Gasteiger partial charge in [-0.25, -0.2) is 4.39 Å². The summed E-state index contributed by atoms with van der Waals surface area (Å²) < 4.78 is 19.9. The van der Waals surface area contributed by atoms with Gasteiger partial charge >= 0.3 is 0 Å². The highest BCUT2D eigenvalue weighted by Gasteiger charge is 2.05. The second kappa shape index (κ2) is 8.86. The summed E-state index contributed by atoms with van der Waals surface area (Å²) in [6.07, 6.45) is 1.000. The van der Waals surface area contributed by atoms with E-state index in [4.69, 9.17) is 4.74 Å². The molecule has 0 aromatic heterocycles. The second-order valence-electron chi connectivity index (χ2n) is 6.05. The Morgan fingerprint density at radius 3 is 2.58 bits per heavy atom. The summed E-state index contributed by atoms with van der Waals surface area (Å²) in [7, 11) is 0. The van der Waals surface area contributed by atoms with Gasteiger partial charge in [0.05, 0.1) is 4.47 Å². The van der Waals surface area contributed by atoms with Crippen molar-refractivity contribution in [2.45, 2.75) is 26.5 Å². The van der Waals surface area contributed by atoms with Crippen molar-refractivity contribution in [2.75, 3.05) is 5.32 Å². The zero-order chi connectivity index (χ0) is 18.4. The minimum Gasteiger partial charge on any atom is -0.488 e. The highest BCUT2D eigenvalue weighted by molar-refractivity contribution is 9.10. The van der Waals surface area contributed by atoms with E-state index in [2.05, 4.69) is 46.4 Å². The maximum Gasteiger partial charge on any atom is 0.134 e. The van der Waals surface area contributed by atoms with Crippen molar-refractivity contribution in [3.63, 3.8) is 0 Å². The zero-order valence-electron chi connectivity index (χ0n) is 14.6. The monoisotopic (exact) mass is 413 g/mol. The first-order valence-electron chi connectivity index (χ1n) is 8.63. The Labute approximate surface area is 162 Å². The normalized spacial score (nSPS) is 10.6. The quantitative estimate of drug-likeness (QED) is 0.487. The smallest absolute Gasteiger partial charge is 0.134 e. The fourth-order valence-electron chi connectivity index (χ4n) is 2.76. The number of para-hydroxylation sites is 1. The van der Waals surface area contributed by atoms with Gasteiger partial charge in [0.2, 0.25) is 0 Å². The van der Waals surface area contributed by atoms with Crippen LogP contribution < -0.4 is 10.1 Å². The summed E-state index contributed by atoms with van der Waals surface area (Å²) in [4.78, 5) is 0. The van der Waals surface area contributed by atoms with Crippen molar-refractivity contribution >= 4 is 21.6 Å². The van der Waals surface area contributed by atoms with Gasteiger partial charge in [0.15, 0.2) is 0 Å². The number of hydrogen-bond donors (Lipinski definition) is 1. The minimum atomic E-state index is -0.251. The number of hydrogen-bond acceptors (Lipinski definition) is 2. The Bertz CT molecular complexity index is 882. The van der Waals surface area contributed by atoms with Crippen LogP contribution in [0.15, 0.2) is 71.2 Å². The largest absolute Gasteiger partial charge is 0.488 e. The van der Waals surface area contributed by atoms with Gasteiger partial charge in [0.1, 0.15) is 18.2 Å². The van der Waals surface area contributed by atoms with E-state index in [0.717, 1.165) is 40.0 Å². The molecule has 3 aromatic rings. The van der Waals surface area contributed by atoms with Crippen LogP contribution in [0.4, 0.5) is 10.1 Å². The van der Waals surface area contributed by atoms with Crippen LogP contribution in [0.2, 0.25) is 0 Å². The molecule has 0 amide bonds. The molecule has 1 N–H and O–H groups in total. The molecule has 0 aliphatic carbocycles. The lowest BCUT2D eigenvalue weighted by Crippen LogP contribution is -2.02. The molecule has 3 rings (SSSR count). The molecule has 0 aliphatic rings. The molecule has 0 bridgehead atoms. The summed E-state index contributed by atoms with van der Waals surface area (Å²) >= 11 is 3.56. The third-order valence-corrected chi connectivity index (χ3v) is 4.78. The molecule has 0 atom stereocenters. The Kier molecular flexibility index (Phi) is 6.29. The fourth-order valence-corrected chi connectivity index (χ4v) is 3.30. The van der Waals surface area contributed by atoms with Crippen molar-refractivity contribution in [3.8, 4) is 5.75 Å². The van der Waals surface area contributed by atoms with Crippen molar-refractivity contribution in [1.29, 1.82) is 0 Å². The first-order valence-corrected chi connectivity index (χ1v) is 9.42. The van der Waals surface area contributed by atoms with Crippen LogP contribution in [0.3, 0.4) is 0 Å². The van der Waals surface area contributed by atoms with Crippen LogP contribution in [0.5, 0.6) is 5.75 Å². The number of anilines is 1. The number of ether oxygens (including phenoxy) is 1. The summed E-state index contributed by atoms with van der Waals surface area (Å²) in [5.41, 5.74) is 4.43. The van der Waals surface area contributed by atoms with Crippen LogP contribution in [0.1, 0.15) is 23.6 Å². The van der Waals surface area contributed by atoms with E-state index in [0.29, 0.717) is 6.61 Å². The Hall–Kier alpha value is -2.33. The van der Waals surface area contributed by atoms with E-state index in [-0.39, 0.29) is 5.82 Å². The summed E-state index contributed by atoms with van der Waals surface area (Å²) in [5, 5.41) is 3.49. The number of benzene rings is 3. The molecule has 0 saturated heterocycles. The maximum absolute atomic E-state index is 13.2. The number of rotatable bonds is 7. The molecule has 0 unspecified atom stereocenters. The first-order chi connectivity index (χ1) is 12.7. The van der Waals surface area contributed by atoms with Gasteiger partial charge in [-0.1, -0.05) is 43.3 Å². The van der Waals surface area contributed by atoms with Gasteiger partial charge in [0, 0.05) is 12.2 Å². The third-order valence-electron chi connectivity index (χ3n) is 4.16. The summed E-state index contributed by atoms with van der Waals surface area (Å²) in [6.45, 7) is 3.22. The molecule has 0 spiro atoms. The molecular formula is C22H21BrFNO. The van der Waals surface area contributed by atoms with Crippen molar-refractivity contribution in [1.82, 2.24) is 0 Å². The van der Waals surface area contributed by atoms with Crippen molar-refractivity contribution in [2.24, 2.45) is 0 Å². The highest BCUT2D eigenvalue weighted by Crippen LogP contribution is 2.27. The van der Waals surface area contributed by atoms with Crippen molar-refractivity contribution < 1.29 is 9.13 Å². The molecule has 26 heavy (non-hydrogen) atoms. The van der Waals surface area contributed by atoms with E-state index >= 15 is 0 Å². The van der Waals surface area contributed by atoms with Crippen LogP contribution >= 0.6 is 15.9 Å². The van der Waals surface area contributed by atoms with E-state index in [1.54, 1.807) is 6.07 Å². The maximum atomic E-state index is 13.2. The van der Waals surface area contributed by atoms with Crippen LogP contribution in [-0.2, 0) is 19.6 Å². The SMILES string of the molecule is CCc1ccccc1NCc1ccc(OCc2cccc(F)c2)c(Br)c1. The lowest BCUT2D eigenvalue weighted by atomic mass is 10.1. The van der Waals surface area contributed by atoms with Gasteiger partial charge < -0.3 is 10.1 Å². The minimum absolute atomic E-state index is 0.251. The molecular weight excluding hydrogens is 393 g/mol. The van der Waals surface area contributed by atoms with Crippen LogP contribution in [-0.4, -0.2) is 0 Å². The van der Waals surface area contributed by atoms with Gasteiger partial charge in [-0.3, -0.25) is 0 Å². The van der Waals surface area contributed by atoms with Gasteiger partial charge in [0.25, 0.3) is 0 Å². The molecule has 4 heteroatoms. The fraction of sp³-hybridized carbons (Fsp3) is 0.182. The Balaban J connectivity index is 1.62. The van der Waals surface area contributed by atoms with Gasteiger partial charge in [-0.05, 0) is 69.4 Å². The second-order valence-corrected chi connectivity index (χ2v) is 6.90. The Morgan fingerprint density at radius 1 is 0.962 bits per heavy atom. The molecule has 3 aromatic carbocycles. The number of aryl methyl sites for hydroxylation is 1. The molecule has 0 aliphatic heterocycles. The van der Waals surface area contributed by atoms with Crippen LogP contribution in [0, 0.1) is 5.82 Å². The van der Waals surface area contributed by atoms with Gasteiger partial charge in [-0.15, -0.1) is 0 Å². The number of halogens is 2. The molecule has 2 nitrogen and oxygen atoms in total.